The number of aryl methyl sites for hydroxylation is 1. The predicted molar refractivity (Wildman–Crippen MR) is 71.7 cm³/mol. The third-order valence-corrected chi connectivity index (χ3v) is 7.21. The highest BCUT2D eigenvalue weighted by Crippen LogP contribution is 2.34. The summed E-state index contributed by atoms with van der Waals surface area (Å²) in [6.07, 6.45) is 1.70. The summed E-state index contributed by atoms with van der Waals surface area (Å²) in [5, 5.41) is 0. The van der Waals surface area contributed by atoms with Gasteiger partial charge in [0.15, 0.2) is 0 Å². The van der Waals surface area contributed by atoms with Crippen LogP contribution in [0.25, 0.3) is 0 Å². The van der Waals surface area contributed by atoms with E-state index in [4.69, 9.17) is 23.2 Å². The highest BCUT2D eigenvalue weighted by atomic mass is 35.5. The predicted octanol–water partition coefficient (Wildman–Crippen LogP) is 3.10. The lowest BCUT2D eigenvalue weighted by atomic mass is 10.3. The van der Waals surface area contributed by atoms with Crippen molar-refractivity contribution >= 4 is 44.6 Å². The van der Waals surface area contributed by atoms with E-state index in [0.717, 1.165) is 29.7 Å². The van der Waals surface area contributed by atoms with Gasteiger partial charge in [-0.05, 0) is 31.4 Å². The quantitative estimate of drug-likeness (QED) is 0.804. The van der Waals surface area contributed by atoms with Crippen molar-refractivity contribution in [3.63, 3.8) is 0 Å². The molecule has 1 atom stereocenters. The van der Waals surface area contributed by atoms with Crippen LogP contribution in [0, 0.1) is 6.92 Å². The standard InChI is InChI=1S/C10H13Cl2NO2S2/c1-7-5-9(16-10(7)12)17(14,15)13-4-2-3-8(13)6-11/h5,8H,2-4,6H2,1H3. The van der Waals surface area contributed by atoms with E-state index >= 15 is 0 Å². The van der Waals surface area contributed by atoms with E-state index in [0.29, 0.717) is 21.0 Å². The number of thiophene rings is 1. The molecule has 3 nitrogen and oxygen atoms in total. The van der Waals surface area contributed by atoms with Crippen molar-refractivity contribution in [3.05, 3.63) is 16.0 Å². The van der Waals surface area contributed by atoms with Crippen molar-refractivity contribution in [1.29, 1.82) is 0 Å². The zero-order valence-electron chi connectivity index (χ0n) is 9.32. The molecule has 0 amide bonds. The number of halogens is 2. The Balaban J connectivity index is 2.36. The van der Waals surface area contributed by atoms with Gasteiger partial charge in [0.25, 0.3) is 10.0 Å². The molecule has 0 spiro atoms. The van der Waals surface area contributed by atoms with Gasteiger partial charge in [0, 0.05) is 18.5 Å². The molecule has 0 aromatic carbocycles. The molecule has 0 saturated carbocycles. The van der Waals surface area contributed by atoms with Gasteiger partial charge < -0.3 is 0 Å². The van der Waals surface area contributed by atoms with Crippen molar-refractivity contribution in [1.82, 2.24) is 4.31 Å². The maximum Gasteiger partial charge on any atom is 0.252 e. The van der Waals surface area contributed by atoms with Gasteiger partial charge in [-0.2, -0.15) is 4.31 Å². The fourth-order valence-electron chi connectivity index (χ4n) is 1.95. The van der Waals surface area contributed by atoms with Crippen LogP contribution in [0.4, 0.5) is 0 Å². The zero-order valence-corrected chi connectivity index (χ0v) is 12.5. The van der Waals surface area contributed by atoms with Crippen molar-refractivity contribution in [2.75, 3.05) is 12.4 Å². The second-order valence-corrected chi connectivity index (χ2v) is 8.17. The van der Waals surface area contributed by atoms with E-state index in [1.54, 1.807) is 13.0 Å². The molecule has 7 heteroatoms. The van der Waals surface area contributed by atoms with Gasteiger partial charge >= 0.3 is 0 Å². The lowest BCUT2D eigenvalue weighted by Gasteiger charge is -2.21. The molecule has 1 fully saturated rings. The van der Waals surface area contributed by atoms with E-state index < -0.39 is 10.0 Å². The lowest BCUT2D eigenvalue weighted by molar-refractivity contribution is 0.412. The van der Waals surface area contributed by atoms with Crippen molar-refractivity contribution in [2.45, 2.75) is 30.0 Å². The molecule has 1 saturated heterocycles. The average molecular weight is 314 g/mol. The van der Waals surface area contributed by atoms with Gasteiger partial charge in [-0.1, -0.05) is 11.6 Å². The third-order valence-electron chi connectivity index (χ3n) is 2.90. The molecule has 0 N–H and O–H groups in total. The SMILES string of the molecule is Cc1cc(S(=O)(=O)N2CCCC2CCl)sc1Cl. The number of nitrogens with zero attached hydrogens (tertiary/aromatic N) is 1. The second-order valence-electron chi connectivity index (χ2n) is 4.09. The van der Waals surface area contributed by atoms with Crippen LogP contribution in [0.3, 0.4) is 0 Å². The largest absolute Gasteiger partial charge is 0.252 e. The van der Waals surface area contributed by atoms with E-state index in [9.17, 15) is 8.42 Å². The Morgan fingerprint density at radius 3 is 2.82 bits per heavy atom. The Labute approximate surface area is 115 Å². The van der Waals surface area contributed by atoms with Crippen LogP contribution in [-0.2, 0) is 10.0 Å². The van der Waals surface area contributed by atoms with Crippen LogP contribution in [0.5, 0.6) is 0 Å². The minimum absolute atomic E-state index is 0.0807. The Kier molecular flexibility index (Phi) is 4.05. The zero-order chi connectivity index (χ0) is 12.6. The molecule has 1 aliphatic heterocycles. The minimum Gasteiger partial charge on any atom is -0.206 e. The molecule has 2 rings (SSSR count). The Morgan fingerprint density at radius 1 is 1.59 bits per heavy atom. The van der Waals surface area contributed by atoms with Gasteiger partial charge in [0.1, 0.15) is 4.21 Å². The number of hydrogen-bond acceptors (Lipinski definition) is 3. The summed E-state index contributed by atoms with van der Waals surface area (Å²) in [5.41, 5.74) is 0.803. The molecule has 1 aromatic heterocycles. The number of alkyl halides is 1. The monoisotopic (exact) mass is 313 g/mol. The smallest absolute Gasteiger partial charge is 0.206 e. The first-order valence-electron chi connectivity index (χ1n) is 5.30. The van der Waals surface area contributed by atoms with Gasteiger partial charge in [-0.3, -0.25) is 0 Å². The summed E-state index contributed by atoms with van der Waals surface area (Å²) in [4.78, 5) is 0. The van der Waals surface area contributed by atoms with Crippen LogP contribution in [0.15, 0.2) is 10.3 Å². The maximum atomic E-state index is 12.4. The summed E-state index contributed by atoms with van der Waals surface area (Å²) < 4.78 is 27.1. The molecule has 0 aliphatic carbocycles. The van der Waals surface area contributed by atoms with Gasteiger partial charge in [0.2, 0.25) is 0 Å². The first-order valence-corrected chi connectivity index (χ1v) is 8.47. The van der Waals surface area contributed by atoms with Crippen LogP contribution < -0.4 is 0 Å². The summed E-state index contributed by atoms with van der Waals surface area (Å²) in [5.74, 6) is 0.345. The molecule has 96 valence electrons. The van der Waals surface area contributed by atoms with Crippen LogP contribution >= 0.6 is 34.5 Å². The third kappa shape index (κ3) is 2.49. The Bertz CT molecular complexity index is 493. The number of sulfonamides is 1. The second kappa shape index (κ2) is 5.05. The van der Waals surface area contributed by atoms with Crippen molar-refractivity contribution in [2.24, 2.45) is 0 Å². The molecule has 2 heterocycles. The fourth-order valence-corrected chi connectivity index (χ4v) is 5.89. The number of rotatable bonds is 3. The highest BCUT2D eigenvalue weighted by Gasteiger charge is 2.35. The Hall–Kier alpha value is 0.190. The van der Waals surface area contributed by atoms with Crippen LogP contribution in [-0.4, -0.2) is 31.2 Å². The summed E-state index contributed by atoms with van der Waals surface area (Å²) in [6.45, 7) is 2.36. The van der Waals surface area contributed by atoms with E-state index in [1.165, 1.54) is 4.31 Å². The molecule has 0 bridgehead atoms. The summed E-state index contributed by atoms with van der Waals surface area (Å²) in [6, 6.07) is 1.55. The number of hydrogen-bond donors (Lipinski definition) is 0. The molecular weight excluding hydrogens is 301 g/mol. The molecule has 0 radical (unpaired) electrons. The van der Waals surface area contributed by atoms with Crippen molar-refractivity contribution in [3.8, 4) is 0 Å². The molecular formula is C10H13Cl2NO2S2. The lowest BCUT2D eigenvalue weighted by Crippen LogP contribution is -2.36. The molecule has 1 aliphatic rings. The van der Waals surface area contributed by atoms with Gasteiger partial charge in [-0.25, -0.2) is 8.42 Å². The average Bonchev–Trinajstić information content (AvgIpc) is 2.86. The van der Waals surface area contributed by atoms with Crippen molar-refractivity contribution < 1.29 is 8.42 Å². The summed E-state index contributed by atoms with van der Waals surface area (Å²) in [7, 11) is -3.42. The fraction of sp³-hybridized carbons (Fsp3) is 0.600. The first kappa shape index (κ1) is 13.6. The highest BCUT2D eigenvalue weighted by molar-refractivity contribution is 7.91. The first-order chi connectivity index (χ1) is 7.96. The van der Waals surface area contributed by atoms with Gasteiger partial charge in [-0.15, -0.1) is 22.9 Å². The topological polar surface area (TPSA) is 37.4 Å². The molecule has 1 unspecified atom stereocenters. The van der Waals surface area contributed by atoms with Gasteiger partial charge in [0.05, 0.1) is 4.34 Å². The van der Waals surface area contributed by atoms with Crippen LogP contribution in [0.2, 0.25) is 4.34 Å². The van der Waals surface area contributed by atoms with E-state index in [2.05, 4.69) is 0 Å². The van der Waals surface area contributed by atoms with E-state index in [1.807, 2.05) is 0 Å². The molecule has 17 heavy (non-hydrogen) atoms. The summed E-state index contributed by atoms with van der Waals surface area (Å²) >= 11 is 12.8. The van der Waals surface area contributed by atoms with E-state index in [-0.39, 0.29) is 6.04 Å². The Morgan fingerprint density at radius 2 is 2.29 bits per heavy atom. The minimum atomic E-state index is -3.42. The van der Waals surface area contributed by atoms with Crippen LogP contribution in [0.1, 0.15) is 18.4 Å². The normalized spacial score (nSPS) is 22.2. The molecule has 1 aromatic rings. The maximum absolute atomic E-state index is 12.4.